The summed E-state index contributed by atoms with van der Waals surface area (Å²) in [5, 5.41) is 10.7. The molecule has 17 heavy (non-hydrogen) atoms. The van der Waals surface area contributed by atoms with Crippen LogP contribution in [0.3, 0.4) is 0 Å². The third-order valence-electron chi connectivity index (χ3n) is 3.33. The van der Waals surface area contributed by atoms with Crippen molar-refractivity contribution in [3.63, 3.8) is 0 Å². The molecule has 0 spiro atoms. The summed E-state index contributed by atoms with van der Waals surface area (Å²) >= 11 is 1.69. The zero-order chi connectivity index (χ0) is 12.1. The summed E-state index contributed by atoms with van der Waals surface area (Å²) in [5.41, 5.74) is 1.26. The fraction of sp³-hybridized carbons (Fsp3) is 0.615. The summed E-state index contributed by atoms with van der Waals surface area (Å²) in [6.07, 6.45) is 3.70. The maximum Gasteiger partial charge on any atom is 0.220 e. The van der Waals surface area contributed by atoms with Crippen molar-refractivity contribution in [1.29, 1.82) is 0 Å². The number of hydrogen-bond donors (Lipinski definition) is 2. The minimum absolute atomic E-state index is 0.178. The third-order valence-corrected chi connectivity index (χ3v) is 4.06. The second-order valence-corrected chi connectivity index (χ2v) is 5.47. The predicted octanol–water partition coefficient (Wildman–Crippen LogP) is 1.94. The van der Waals surface area contributed by atoms with Crippen LogP contribution < -0.4 is 10.6 Å². The van der Waals surface area contributed by atoms with Gasteiger partial charge in [0.15, 0.2) is 0 Å². The van der Waals surface area contributed by atoms with Crippen LogP contribution in [0.1, 0.15) is 31.7 Å². The molecule has 3 nitrogen and oxygen atoms in total. The zero-order valence-electron chi connectivity index (χ0n) is 10.2. The van der Waals surface area contributed by atoms with Gasteiger partial charge in [-0.1, -0.05) is 0 Å². The molecule has 0 radical (unpaired) electrons. The van der Waals surface area contributed by atoms with E-state index in [1.54, 1.807) is 11.3 Å². The number of carbonyl (C=O) groups excluding carboxylic acids is 1. The summed E-state index contributed by atoms with van der Waals surface area (Å²) < 4.78 is 0. The first-order valence-electron chi connectivity index (χ1n) is 6.29. The Morgan fingerprint density at radius 3 is 3.24 bits per heavy atom. The largest absolute Gasteiger partial charge is 0.352 e. The minimum Gasteiger partial charge on any atom is -0.352 e. The molecule has 1 fully saturated rings. The molecule has 0 bridgehead atoms. The first kappa shape index (κ1) is 12.6. The van der Waals surface area contributed by atoms with Crippen molar-refractivity contribution < 1.29 is 4.79 Å². The van der Waals surface area contributed by atoms with Gasteiger partial charge in [0.05, 0.1) is 0 Å². The Balaban J connectivity index is 1.73. The molecular formula is C13H20N2OS. The van der Waals surface area contributed by atoms with Crippen LogP contribution in [0.5, 0.6) is 0 Å². The quantitative estimate of drug-likeness (QED) is 0.860. The van der Waals surface area contributed by atoms with Crippen LogP contribution in [0.15, 0.2) is 16.8 Å². The summed E-state index contributed by atoms with van der Waals surface area (Å²) in [5.74, 6) is 0.178. The molecular weight excluding hydrogens is 232 g/mol. The standard InChI is InChI=1S/C13H20N2OS/c1-10-12(3-2-7-14-10)15-13(16)5-4-11-6-8-17-9-11/h6,8-10,12,14H,2-5,7H2,1H3,(H,15,16). The van der Waals surface area contributed by atoms with Crippen LogP contribution in [0.25, 0.3) is 0 Å². The average Bonchev–Trinajstić information content (AvgIpc) is 2.82. The van der Waals surface area contributed by atoms with Crippen LogP contribution in [-0.2, 0) is 11.2 Å². The average molecular weight is 252 g/mol. The smallest absolute Gasteiger partial charge is 0.220 e. The molecule has 2 heterocycles. The predicted molar refractivity (Wildman–Crippen MR) is 71.3 cm³/mol. The fourth-order valence-corrected chi connectivity index (χ4v) is 2.92. The lowest BCUT2D eigenvalue weighted by Crippen LogP contribution is -2.51. The second-order valence-electron chi connectivity index (χ2n) is 4.69. The lowest BCUT2D eigenvalue weighted by atomic mass is 9.99. The third kappa shape index (κ3) is 3.82. The molecule has 1 aromatic rings. The van der Waals surface area contributed by atoms with Crippen LogP contribution in [0, 0.1) is 0 Å². The van der Waals surface area contributed by atoms with E-state index in [0.717, 1.165) is 25.8 Å². The molecule has 1 aliphatic heterocycles. The molecule has 1 saturated heterocycles. The Labute approximate surface area is 107 Å². The van der Waals surface area contributed by atoms with Gasteiger partial charge >= 0.3 is 0 Å². The van der Waals surface area contributed by atoms with E-state index in [1.807, 2.05) is 0 Å². The number of piperidine rings is 1. The number of nitrogens with one attached hydrogen (secondary N) is 2. The molecule has 4 heteroatoms. The number of amides is 1. The molecule has 1 aromatic heterocycles. The van der Waals surface area contributed by atoms with Gasteiger partial charge < -0.3 is 10.6 Å². The maximum absolute atomic E-state index is 11.8. The van der Waals surface area contributed by atoms with Crippen molar-refractivity contribution >= 4 is 17.2 Å². The molecule has 2 rings (SSSR count). The molecule has 94 valence electrons. The van der Waals surface area contributed by atoms with E-state index < -0.39 is 0 Å². The number of hydrogen-bond acceptors (Lipinski definition) is 3. The summed E-state index contributed by atoms with van der Waals surface area (Å²) in [6, 6.07) is 2.79. The monoisotopic (exact) mass is 252 g/mol. The molecule has 0 aliphatic carbocycles. The highest BCUT2D eigenvalue weighted by Crippen LogP contribution is 2.10. The van der Waals surface area contributed by atoms with Crippen molar-refractivity contribution in [3.05, 3.63) is 22.4 Å². The van der Waals surface area contributed by atoms with E-state index >= 15 is 0 Å². The van der Waals surface area contributed by atoms with Gasteiger partial charge in [0, 0.05) is 18.5 Å². The van der Waals surface area contributed by atoms with Crippen LogP contribution in [-0.4, -0.2) is 24.5 Å². The van der Waals surface area contributed by atoms with E-state index in [9.17, 15) is 4.79 Å². The molecule has 1 aliphatic rings. The number of carbonyl (C=O) groups is 1. The van der Waals surface area contributed by atoms with Crippen molar-refractivity contribution in [1.82, 2.24) is 10.6 Å². The first-order valence-corrected chi connectivity index (χ1v) is 7.24. The number of aryl methyl sites for hydroxylation is 1. The molecule has 0 aromatic carbocycles. The lowest BCUT2D eigenvalue weighted by Gasteiger charge is -2.30. The van der Waals surface area contributed by atoms with E-state index in [-0.39, 0.29) is 5.91 Å². The molecule has 2 N–H and O–H groups in total. The summed E-state index contributed by atoms with van der Waals surface area (Å²) in [6.45, 7) is 3.21. The first-order chi connectivity index (χ1) is 8.25. The Bertz CT molecular complexity index is 350. The Hall–Kier alpha value is -0.870. The number of rotatable bonds is 4. The van der Waals surface area contributed by atoms with E-state index in [2.05, 4.69) is 34.4 Å². The van der Waals surface area contributed by atoms with Gasteiger partial charge in [-0.05, 0) is 55.1 Å². The van der Waals surface area contributed by atoms with Gasteiger partial charge in [-0.25, -0.2) is 0 Å². The van der Waals surface area contributed by atoms with E-state index in [4.69, 9.17) is 0 Å². The highest BCUT2D eigenvalue weighted by atomic mass is 32.1. The van der Waals surface area contributed by atoms with Gasteiger partial charge in [-0.15, -0.1) is 0 Å². The minimum atomic E-state index is 0.178. The molecule has 2 unspecified atom stereocenters. The van der Waals surface area contributed by atoms with Crippen molar-refractivity contribution in [2.45, 2.75) is 44.7 Å². The number of thiophene rings is 1. The molecule has 2 atom stereocenters. The van der Waals surface area contributed by atoms with Gasteiger partial charge in [-0.3, -0.25) is 4.79 Å². The van der Waals surface area contributed by atoms with Crippen molar-refractivity contribution in [3.8, 4) is 0 Å². The SMILES string of the molecule is CC1NCCCC1NC(=O)CCc1ccsc1. The van der Waals surface area contributed by atoms with Gasteiger partial charge in [0.1, 0.15) is 0 Å². The van der Waals surface area contributed by atoms with Gasteiger partial charge in [0.25, 0.3) is 0 Å². The highest BCUT2D eigenvalue weighted by molar-refractivity contribution is 7.07. The highest BCUT2D eigenvalue weighted by Gasteiger charge is 2.21. The lowest BCUT2D eigenvalue weighted by molar-refractivity contribution is -0.122. The fourth-order valence-electron chi connectivity index (χ4n) is 2.21. The molecule has 0 saturated carbocycles. The molecule has 1 amide bonds. The van der Waals surface area contributed by atoms with Crippen LogP contribution >= 0.6 is 11.3 Å². The van der Waals surface area contributed by atoms with Gasteiger partial charge in [-0.2, -0.15) is 11.3 Å². The van der Waals surface area contributed by atoms with Crippen LogP contribution in [0.4, 0.5) is 0 Å². The summed E-state index contributed by atoms with van der Waals surface area (Å²) in [4.78, 5) is 11.8. The summed E-state index contributed by atoms with van der Waals surface area (Å²) in [7, 11) is 0. The van der Waals surface area contributed by atoms with Crippen molar-refractivity contribution in [2.24, 2.45) is 0 Å². The van der Waals surface area contributed by atoms with E-state index in [1.165, 1.54) is 5.56 Å². The maximum atomic E-state index is 11.8. The second kappa shape index (κ2) is 6.17. The topological polar surface area (TPSA) is 41.1 Å². The zero-order valence-corrected chi connectivity index (χ0v) is 11.1. The van der Waals surface area contributed by atoms with E-state index in [0.29, 0.717) is 18.5 Å². The Morgan fingerprint density at radius 1 is 1.65 bits per heavy atom. The van der Waals surface area contributed by atoms with Crippen LogP contribution in [0.2, 0.25) is 0 Å². The van der Waals surface area contributed by atoms with Crippen molar-refractivity contribution in [2.75, 3.05) is 6.54 Å². The van der Waals surface area contributed by atoms with Gasteiger partial charge in [0.2, 0.25) is 5.91 Å². The Morgan fingerprint density at radius 2 is 2.53 bits per heavy atom. The normalized spacial score (nSPS) is 24.5. The Kier molecular flexibility index (Phi) is 4.57.